The number of rotatable bonds is 3. The normalized spacial score (nSPS) is 17.7. The molecule has 0 bridgehead atoms. The number of anilines is 1. The first kappa shape index (κ1) is 12.9. The van der Waals surface area contributed by atoms with Crippen molar-refractivity contribution >= 4 is 11.6 Å². The summed E-state index contributed by atoms with van der Waals surface area (Å²) in [5, 5.41) is 3.14. The Labute approximate surface area is 109 Å². The van der Waals surface area contributed by atoms with Gasteiger partial charge in [-0.15, -0.1) is 0 Å². The zero-order valence-corrected chi connectivity index (χ0v) is 11.2. The van der Waals surface area contributed by atoms with Gasteiger partial charge in [0.1, 0.15) is 0 Å². The molecule has 3 nitrogen and oxygen atoms in total. The van der Waals surface area contributed by atoms with E-state index in [1.165, 1.54) is 37.7 Å². The summed E-state index contributed by atoms with van der Waals surface area (Å²) in [7, 11) is 0. The van der Waals surface area contributed by atoms with Gasteiger partial charge in [-0.2, -0.15) is 0 Å². The molecule has 18 heavy (non-hydrogen) atoms. The molecule has 0 radical (unpaired) electrons. The molecule has 98 valence electrons. The number of hydrogen-bond acceptors (Lipinski definition) is 1. The molecule has 0 aromatic heterocycles. The minimum atomic E-state index is 0.532. The van der Waals surface area contributed by atoms with Crippen molar-refractivity contribution in [3.05, 3.63) is 29.8 Å². The summed E-state index contributed by atoms with van der Waals surface area (Å²) < 4.78 is 0. The van der Waals surface area contributed by atoms with Crippen molar-refractivity contribution < 1.29 is 0 Å². The molecule has 1 saturated carbocycles. The van der Waals surface area contributed by atoms with Crippen LogP contribution in [0.5, 0.6) is 0 Å². The Kier molecular flexibility index (Phi) is 4.62. The molecule has 0 spiro atoms. The molecule has 0 amide bonds. The smallest absolute Gasteiger partial charge is 0.193 e. The van der Waals surface area contributed by atoms with Gasteiger partial charge in [-0.25, -0.2) is 0 Å². The van der Waals surface area contributed by atoms with Crippen molar-refractivity contribution in [3.8, 4) is 0 Å². The van der Waals surface area contributed by atoms with E-state index < -0.39 is 0 Å². The van der Waals surface area contributed by atoms with Crippen LogP contribution >= 0.6 is 0 Å². The predicted molar refractivity (Wildman–Crippen MR) is 77.9 cm³/mol. The topological polar surface area (TPSA) is 50.4 Å². The van der Waals surface area contributed by atoms with E-state index in [1.54, 1.807) is 0 Å². The van der Waals surface area contributed by atoms with Gasteiger partial charge in [-0.05, 0) is 37.8 Å². The third kappa shape index (κ3) is 4.06. The second kappa shape index (κ2) is 6.43. The van der Waals surface area contributed by atoms with Gasteiger partial charge in [-0.3, -0.25) is 4.99 Å². The predicted octanol–water partition coefficient (Wildman–Crippen LogP) is 3.30. The molecule has 0 saturated heterocycles. The van der Waals surface area contributed by atoms with E-state index in [1.807, 2.05) is 12.1 Å². The molecule has 3 N–H and O–H groups in total. The summed E-state index contributed by atoms with van der Waals surface area (Å²) in [6.45, 7) is 2.94. The number of guanidine groups is 1. The maximum Gasteiger partial charge on any atom is 0.193 e. The zero-order chi connectivity index (χ0) is 12.8. The molecule has 1 fully saturated rings. The fourth-order valence-electron chi connectivity index (χ4n) is 2.42. The lowest BCUT2D eigenvalue weighted by Crippen LogP contribution is -2.24. The maximum atomic E-state index is 5.90. The van der Waals surface area contributed by atoms with E-state index in [4.69, 9.17) is 5.73 Å². The summed E-state index contributed by atoms with van der Waals surface area (Å²) in [5.74, 6) is 1.27. The van der Waals surface area contributed by atoms with Gasteiger partial charge in [0.15, 0.2) is 5.96 Å². The summed E-state index contributed by atoms with van der Waals surface area (Å²) >= 11 is 0. The molecule has 3 heteroatoms. The first-order valence-electron chi connectivity index (χ1n) is 6.87. The summed E-state index contributed by atoms with van der Waals surface area (Å²) in [5.41, 5.74) is 8.15. The van der Waals surface area contributed by atoms with Crippen molar-refractivity contribution in [2.75, 3.05) is 11.9 Å². The van der Waals surface area contributed by atoms with Gasteiger partial charge >= 0.3 is 0 Å². The van der Waals surface area contributed by atoms with Crippen LogP contribution in [0.4, 0.5) is 5.69 Å². The number of aryl methyl sites for hydroxylation is 1. The fraction of sp³-hybridized carbons (Fsp3) is 0.533. The van der Waals surface area contributed by atoms with Crippen LogP contribution in [0, 0.1) is 12.8 Å². The van der Waals surface area contributed by atoms with Gasteiger partial charge in [0.05, 0.1) is 0 Å². The Hall–Kier alpha value is -1.51. The average Bonchev–Trinajstić information content (AvgIpc) is 2.40. The summed E-state index contributed by atoms with van der Waals surface area (Å²) in [4.78, 5) is 4.45. The summed E-state index contributed by atoms with van der Waals surface area (Å²) in [6.07, 6.45) is 6.71. The molecule has 1 aromatic rings. The average molecular weight is 245 g/mol. The molecule has 0 heterocycles. The number of nitrogens with one attached hydrogen (secondary N) is 1. The molecule has 0 aliphatic heterocycles. The SMILES string of the molecule is Cc1ccc(NC(N)=NCC2CCCCC2)cc1. The molecular formula is C15H23N3. The van der Waals surface area contributed by atoms with E-state index in [2.05, 4.69) is 29.4 Å². The van der Waals surface area contributed by atoms with Crippen LogP contribution in [0.2, 0.25) is 0 Å². The molecular weight excluding hydrogens is 222 g/mol. The highest BCUT2D eigenvalue weighted by molar-refractivity contribution is 5.92. The lowest BCUT2D eigenvalue weighted by molar-refractivity contribution is 0.367. The van der Waals surface area contributed by atoms with Gasteiger partial charge in [-0.1, -0.05) is 37.0 Å². The standard InChI is InChI=1S/C15H23N3/c1-12-7-9-14(10-8-12)18-15(16)17-11-13-5-3-2-4-6-13/h7-10,13H,2-6,11H2,1H3,(H3,16,17,18). The molecule has 1 aromatic carbocycles. The van der Waals surface area contributed by atoms with E-state index in [0.717, 1.165) is 18.2 Å². The van der Waals surface area contributed by atoms with Crippen LogP contribution in [0.15, 0.2) is 29.3 Å². The number of nitrogens with two attached hydrogens (primary N) is 1. The van der Waals surface area contributed by atoms with Gasteiger partial charge in [0.2, 0.25) is 0 Å². The minimum absolute atomic E-state index is 0.532. The van der Waals surface area contributed by atoms with Crippen molar-refractivity contribution in [1.29, 1.82) is 0 Å². The Morgan fingerprint density at radius 3 is 2.56 bits per heavy atom. The first-order chi connectivity index (χ1) is 8.74. The highest BCUT2D eigenvalue weighted by atomic mass is 15.1. The second-order valence-corrected chi connectivity index (χ2v) is 5.22. The zero-order valence-electron chi connectivity index (χ0n) is 11.2. The Balaban J connectivity index is 1.82. The van der Waals surface area contributed by atoms with Crippen LogP contribution in [-0.4, -0.2) is 12.5 Å². The lowest BCUT2D eigenvalue weighted by atomic mass is 9.89. The number of hydrogen-bond donors (Lipinski definition) is 2. The largest absolute Gasteiger partial charge is 0.370 e. The van der Waals surface area contributed by atoms with Crippen LogP contribution < -0.4 is 11.1 Å². The highest BCUT2D eigenvalue weighted by Gasteiger charge is 2.12. The van der Waals surface area contributed by atoms with Crippen LogP contribution in [0.3, 0.4) is 0 Å². The molecule has 1 aliphatic carbocycles. The maximum absolute atomic E-state index is 5.90. The van der Waals surface area contributed by atoms with E-state index in [0.29, 0.717) is 5.96 Å². The van der Waals surface area contributed by atoms with Gasteiger partial charge < -0.3 is 11.1 Å². The molecule has 2 rings (SSSR count). The quantitative estimate of drug-likeness (QED) is 0.634. The number of nitrogens with zero attached hydrogens (tertiary/aromatic N) is 1. The third-order valence-corrected chi connectivity index (χ3v) is 3.57. The Bertz CT molecular complexity index is 389. The van der Waals surface area contributed by atoms with Gasteiger partial charge in [0.25, 0.3) is 0 Å². The third-order valence-electron chi connectivity index (χ3n) is 3.57. The van der Waals surface area contributed by atoms with Crippen LogP contribution in [-0.2, 0) is 0 Å². The van der Waals surface area contributed by atoms with Gasteiger partial charge in [0, 0.05) is 12.2 Å². The van der Waals surface area contributed by atoms with Crippen molar-refractivity contribution in [1.82, 2.24) is 0 Å². The Morgan fingerprint density at radius 2 is 1.89 bits per heavy atom. The van der Waals surface area contributed by atoms with E-state index >= 15 is 0 Å². The molecule has 0 atom stereocenters. The molecule has 1 aliphatic rings. The monoisotopic (exact) mass is 245 g/mol. The minimum Gasteiger partial charge on any atom is -0.370 e. The number of benzene rings is 1. The van der Waals surface area contributed by atoms with Crippen molar-refractivity contribution in [2.24, 2.45) is 16.6 Å². The number of aliphatic imine (C=N–C) groups is 1. The lowest BCUT2D eigenvalue weighted by Gasteiger charge is -2.19. The Morgan fingerprint density at radius 1 is 1.22 bits per heavy atom. The van der Waals surface area contributed by atoms with Crippen molar-refractivity contribution in [2.45, 2.75) is 39.0 Å². The van der Waals surface area contributed by atoms with E-state index in [-0.39, 0.29) is 0 Å². The van der Waals surface area contributed by atoms with Crippen LogP contribution in [0.25, 0.3) is 0 Å². The van der Waals surface area contributed by atoms with E-state index in [9.17, 15) is 0 Å². The fourth-order valence-corrected chi connectivity index (χ4v) is 2.42. The van der Waals surface area contributed by atoms with Crippen LogP contribution in [0.1, 0.15) is 37.7 Å². The summed E-state index contributed by atoms with van der Waals surface area (Å²) in [6, 6.07) is 8.18. The first-order valence-corrected chi connectivity index (χ1v) is 6.87. The van der Waals surface area contributed by atoms with Crippen molar-refractivity contribution in [3.63, 3.8) is 0 Å². The highest BCUT2D eigenvalue weighted by Crippen LogP contribution is 2.23. The second-order valence-electron chi connectivity index (χ2n) is 5.22. The molecule has 0 unspecified atom stereocenters.